The van der Waals surface area contributed by atoms with Crippen LogP contribution in [0.5, 0.6) is 5.75 Å². The Kier molecular flexibility index (Phi) is 5.76. The first-order valence-corrected chi connectivity index (χ1v) is 6.99. The molecule has 0 heterocycles. The minimum absolute atomic E-state index is 0.00571. The third-order valence-electron chi connectivity index (χ3n) is 3.17. The topological polar surface area (TPSA) is 67.4 Å². The minimum Gasteiger partial charge on any atom is -0.497 e. The number of carbonyl (C=O) groups excluding carboxylic acids is 2. The van der Waals surface area contributed by atoms with Crippen molar-refractivity contribution in [1.82, 2.24) is 10.6 Å². The molecule has 0 spiro atoms. The van der Waals surface area contributed by atoms with Gasteiger partial charge in [-0.15, -0.1) is 0 Å². The molecule has 0 aliphatic rings. The highest BCUT2D eigenvalue weighted by Gasteiger charge is 2.35. The molecule has 0 aliphatic carbocycles. The highest BCUT2D eigenvalue weighted by Crippen LogP contribution is 2.17. The molecule has 0 aromatic heterocycles. The van der Waals surface area contributed by atoms with E-state index in [0.29, 0.717) is 6.54 Å². The number of carbonyl (C=O) groups is 2. The molecule has 1 aromatic carbocycles. The molecule has 0 saturated heterocycles. The maximum atomic E-state index is 12.2. The van der Waals surface area contributed by atoms with Crippen molar-refractivity contribution >= 4 is 11.8 Å². The lowest BCUT2D eigenvalue weighted by atomic mass is 9.90. The Hall–Kier alpha value is -2.04. The quantitative estimate of drug-likeness (QED) is 0.786. The van der Waals surface area contributed by atoms with E-state index < -0.39 is 5.41 Å². The van der Waals surface area contributed by atoms with Crippen LogP contribution in [0.2, 0.25) is 0 Å². The predicted octanol–water partition coefficient (Wildman–Crippen LogP) is 1.86. The van der Waals surface area contributed by atoms with Crippen LogP contribution in [0, 0.1) is 5.41 Å². The maximum absolute atomic E-state index is 12.2. The molecular formula is C16H24N2O3. The molecule has 0 unspecified atom stereocenters. The monoisotopic (exact) mass is 292 g/mol. The first kappa shape index (κ1) is 17.0. The Morgan fingerprint density at radius 2 is 1.71 bits per heavy atom. The number of methoxy groups -OCH3 is 1. The van der Waals surface area contributed by atoms with Crippen LogP contribution < -0.4 is 15.4 Å². The molecule has 5 nitrogen and oxygen atoms in total. The fourth-order valence-corrected chi connectivity index (χ4v) is 1.69. The summed E-state index contributed by atoms with van der Waals surface area (Å²) in [6.07, 6.45) is 0. The summed E-state index contributed by atoms with van der Waals surface area (Å²) in [5.41, 5.74) is -0.152. The summed E-state index contributed by atoms with van der Waals surface area (Å²) in [7, 11) is 1.60. The summed E-state index contributed by atoms with van der Waals surface area (Å²) < 4.78 is 5.08. The number of rotatable bonds is 6. The molecule has 5 heteroatoms. The van der Waals surface area contributed by atoms with Gasteiger partial charge in [0.15, 0.2) is 0 Å². The van der Waals surface area contributed by atoms with Crippen molar-refractivity contribution < 1.29 is 14.3 Å². The second kappa shape index (κ2) is 7.11. The number of hydrogen-bond acceptors (Lipinski definition) is 3. The first-order valence-electron chi connectivity index (χ1n) is 6.99. The fourth-order valence-electron chi connectivity index (χ4n) is 1.69. The van der Waals surface area contributed by atoms with E-state index in [1.54, 1.807) is 21.0 Å². The van der Waals surface area contributed by atoms with Crippen LogP contribution in [0.25, 0.3) is 0 Å². The van der Waals surface area contributed by atoms with Crippen molar-refractivity contribution in [2.45, 2.75) is 40.3 Å². The summed E-state index contributed by atoms with van der Waals surface area (Å²) in [6, 6.07) is 7.42. The van der Waals surface area contributed by atoms with Gasteiger partial charge in [-0.25, -0.2) is 0 Å². The lowest BCUT2D eigenvalue weighted by Crippen LogP contribution is -2.49. The van der Waals surface area contributed by atoms with E-state index in [2.05, 4.69) is 10.6 Å². The smallest absolute Gasteiger partial charge is 0.235 e. The fraction of sp³-hybridized carbons (Fsp3) is 0.500. The van der Waals surface area contributed by atoms with Crippen molar-refractivity contribution in [3.63, 3.8) is 0 Å². The van der Waals surface area contributed by atoms with Crippen LogP contribution >= 0.6 is 0 Å². The average Bonchev–Trinajstić information content (AvgIpc) is 2.44. The van der Waals surface area contributed by atoms with Gasteiger partial charge < -0.3 is 15.4 Å². The number of nitrogens with one attached hydrogen (secondary N) is 2. The Bertz CT molecular complexity index is 493. The molecule has 2 amide bonds. The van der Waals surface area contributed by atoms with Crippen LogP contribution in [-0.2, 0) is 16.1 Å². The molecule has 0 atom stereocenters. The van der Waals surface area contributed by atoms with E-state index in [1.807, 2.05) is 38.1 Å². The molecule has 0 bridgehead atoms. The normalized spacial score (nSPS) is 11.1. The van der Waals surface area contributed by atoms with Gasteiger partial charge in [-0.2, -0.15) is 0 Å². The van der Waals surface area contributed by atoms with Crippen LogP contribution in [0.4, 0.5) is 0 Å². The summed E-state index contributed by atoms with van der Waals surface area (Å²) in [5.74, 6) is 0.197. The van der Waals surface area contributed by atoms with Crippen molar-refractivity contribution in [3.05, 3.63) is 29.8 Å². The van der Waals surface area contributed by atoms with Crippen LogP contribution in [0.15, 0.2) is 24.3 Å². The largest absolute Gasteiger partial charge is 0.497 e. The standard InChI is InChI=1S/C16H24N2O3/c1-11(2)18-15(20)16(3,4)14(19)17-10-12-6-8-13(21-5)9-7-12/h6-9,11H,10H2,1-5H3,(H,17,19)(H,18,20). The molecule has 1 rings (SSSR count). The molecule has 2 N–H and O–H groups in total. The van der Waals surface area contributed by atoms with E-state index in [-0.39, 0.29) is 17.9 Å². The zero-order chi connectivity index (χ0) is 16.0. The van der Waals surface area contributed by atoms with Crippen molar-refractivity contribution in [2.75, 3.05) is 7.11 Å². The van der Waals surface area contributed by atoms with Gasteiger partial charge in [0.05, 0.1) is 7.11 Å². The van der Waals surface area contributed by atoms with E-state index in [0.717, 1.165) is 11.3 Å². The first-order chi connectivity index (χ1) is 9.77. The van der Waals surface area contributed by atoms with Crippen molar-refractivity contribution in [3.8, 4) is 5.75 Å². The molecular weight excluding hydrogens is 268 g/mol. The second-order valence-corrected chi connectivity index (χ2v) is 5.78. The van der Waals surface area contributed by atoms with Crippen LogP contribution in [0.1, 0.15) is 33.3 Å². The number of benzene rings is 1. The van der Waals surface area contributed by atoms with E-state index in [1.165, 1.54) is 0 Å². The predicted molar refractivity (Wildman–Crippen MR) is 81.9 cm³/mol. The number of amides is 2. The van der Waals surface area contributed by atoms with Crippen LogP contribution in [0.3, 0.4) is 0 Å². The van der Waals surface area contributed by atoms with Gasteiger partial charge in [-0.3, -0.25) is 9.59 Å². The molecule has 1 aromatic rings. The Balaban J connectivity index is 2.60. The molecule has 0 saturated carbocycles. The van der Waals surface area contributed by atoms with Crippen LogP contribution in [-0.4, -0.2) is 25.0 Å². The average molecular weight is 292 g/mol. The number of hydrogen-bond donors (Lipinski definition) is 2. The molecule has 21 heavy (non-hydrogen) atoms. The third-order valence-corrected chi connectivity index (χ3v) is 3.17. The Morgan fingerprint density at radius 1 is 1.14 bits per heavy atom. The van der Waals surface area contributed by atoms with Gasteiger partial charge in [0, 0.05) is 12.6 Å². The zero-order valence-electron chi connectivity index (χ0n) is 13.3. The Labute approximate surface area is 126 Å². The van der Waals surface area contributed by atoms with E-state index >= 15 is 0 Å². The van der Waals surface area contributed by atoms with Gasteiger partial charge in [0.2, 0.25) is 11.8 Å². The lowest BCUT2D eigenvalue weighted by molar-refractivity contribution is -0.141. The summed E-state index contributed by atoms with van der Waals surface area (Å²) in [6.45, 7) is 7.34. The van der Waals surface area contributed by atoms with Gasteiger partial charge >= 0.3 is 0 Å². The highest BCUT2D eigenvalue weighted by molar-refractivity contribution is 6.04. The van der Waals surface area contributed by atoms with Gasteiger partial charge in [0.25, 0.3) is 0 Å². The van der Waals surface area contributed by atoms with Gasteiger partial charge in [-0.1, -0.05) is 12.1 Å². The third kappa shape index (κ3) is 4.77. The van der Waals surface area contributed by atoms with Gasteiger partial charge in [-0.05, 0) is 45.4 Å². The maximum Gasteiger partial charge on any atom is 0.235 e. The zero-order valence-corrected chi connectivity index (χ0v) is 13.3. The summed E-state index contributed by atoms with van der Waals surface area (Å²) >= 11 is 0. The van der Waals surface area contributed by atoms with Gasteiger partial charge in [0.1, 0.15) is 11.2 Å². The van der Waals surface area contributed by atoms with Crippen molar-refractivity contribution in [2.24, 2.45) is 5.41 Å². The molecule has 116 valence electrons. The molecule has 0 fully saturated rings. The number of ether oxygens (including phenoxy) is 1. The second-order valence-electron chi connectivity index (χ2n) is 5.78. The highest BCUT2D eigenvalue weighted by atomic mass is 16.5. The minimum atomic E-state index is -1.10. The molecule has 0 aliphatic heterocycles. The SMILES string of the molecule is COc1ccc(CNC(=O)C(C)(C)C(=O)NC(C)C)cc1. The van der Waals surface area contributed by atoms with E-state index in [4.69, 9.17) is 4.74 Å². The lowest BCUT2D eigenvalue weighted by Gasteiger charge is -2.24. The molecule has 0 radical (unpaired) electrons. The summed E-state index contributed by atoms with van der Waals surface area (Å²) in [4.78, 5) is 24.2. The van der Waals surface area contributed by atoms with E-state index in [9.17, 15) is 9.59 Å². The Morgan fingerprint density at radius 3 is 2.19 bits per heavy atom. The summed E-state index contributed by atoms with van der Waals surface area (Å²) in [5, 5.41) is 5.55. The van der Waals surface area contributed by atoms with Crippen molar-refractivity contribution in [1.29, 1.82) is 0 Å².